The summed E-state index contributed by atoms with van der Waals surface area (Å²) in [6.45, 7) is 8.31. The van der Waals surface area contributed by atoms with Gasteiger partial charge in [-0.05, 0) is 39.0 Å². The Kier molecular flexibility index (Phi) is 5.62. The lowest BCUT2D eigenvalue weighted by molar-refractivity contribution is 0.0947. The molecule has 1 saturated carbocycles. The Labute approximate surface area is 94.7 Å². The molecule has 0 radical (unpaired) electrons. The zero-order valence-electron chi connectivity index (χ0n) is 10.6. The van der Waals surface area contributed by atoms with E-state index in [9.17, 15) is 0 Å². The van der Waals surface area contributed by atoms with E-state index in [1.54, 1.807) is 0 Å². The molecule has 0 aromatic heterocycles. The molecule has 1 rings (SSSR count). The van der Waals surface area contributed by atoms with Crippen LogP contribution in [0, 0.1) is 5.92 Å². The molecule has 0 aliphatic heterocycles. The third-order valence-electron chi connectivity index (χ3n) is 3.62. The van der Waals surface area contributed by atoms with Gasteiger partial charge in [-0.2, -0.15) is 0 Å². The molecule has 1 aliphatic carbocycles. The molecule has 0 heterocycles. The van der Waals surface area contributed by atoms with Gasteiger partial charge in [0.15, 0.2) is 0 Å². The predicted octanol–water partition coefficient (Wildman–Crippen LogP) is 2.66. The van der Waals surface area contributed by atoms with Crippen LogP contribution >= 0.6 is 0 Å². The lowest BCUT2D eigenvalue weighted by Crippen LogP contribution is -2.43. The van der Waals surface area contributed by atoms with Crippen LogP contribution in [0.2, 0.25) is 0 Å². The van der Waals surface area contributed by atoms with Crippen molar-refractivity contribution in [2.75, 3.05) is 13.2 Å². The molecule has 2 atom stereocenters. The number of aliphatic hydroxyl groups is 1. The van der Waals surface area contributed by atoms with Crippen molar-refractivity contribution in [3.05, 3.63) is 0 Å². The molecular formula is C13H27NO. The third-order valence-corrected chi connectivity index (χ3v) is 3.62. The van der Waals surface area contributed by atoms with E-state index in [2.05, 4.69) is 25.7 Å². The monoisotopic (exact) mass is 213 g/mol. The maximum absolute atomic E-state index is 8.92. The first-order valence-electron chi connectivity index (χ1n) is 6.51. The minimum Gasteiger partial charge on any atom is -0.396 e. The number of nitrogens with zero attached hydrogens (tertiary/aromatic N) is 1. The first-order valence-corrected chi connectivity index (χ1v) is 6.51. The van der Waals surface area contributed by atoms with E-state index in [0.29, 0.717) is 12.6 Å². The summed E-state index contributed by atoms with van der Waals surface area (Å²) in [7, 11) is 0. The van der Waals surface area contributed by atoms with Crippen LogP contribution in [0.25, 0.3) is 0 Å². The maximum atomic E-state index is 8.92. The Morgan fingerprint density at radius 3 is 2.60 bits per heavy atom. The Bertz CT molecular complexity index is 170. The van der Waals surface area contributed by atoms with Gasteiger partial charge in [-0.15, -0.1) is 0 Å². The van der Waals surface area contributed by atoms with Crippen molar-refractivity contribution in [1.82, 2.24) is 4.90 Å². The second-order valence-electron chi connectivity index (χ2n) is 5.33. The molecule has 2 nitrogen and oxygen atoms in total. The van der Waals surface area contributed by atoms with Gasteiger partial charge in [-0.3, -0.25) is 4.90 Å². The van der Waals surface area contributed by atoms with Crippen LogP contribution in [-0.4, -0.2) is 35.2 Å². The molecule has 2 heteroatoms. The van der Waals surface area contributed by atoms with Crippen LogP contribution < -0.4 is 0 Å². The minimum atomic E-state index is 0.325. The Morgan fingerprint density at radius 2 is 2.07 bits per heavy atom. The normalized spacial score (nSPS) is 27.6. The van der Waals surface area contributed by atoms with Gasteiger partial charge in [0, 0.05) is 25.2 Å². The summed E-state index contributed by atoms with van der Waals surface area (Å²) < 4.78 is 0. The highest BCUT2D eigenvalue weighted by Gasteiger charge is 2.25. The smallest absolute Gasteiger partial charge is 0.0443 e. The fourth-order valence-corrected chi connectivity index (χ4v) is 2.82. The number of hydrogen-bond acceptors (Lipinski definition) is 2. The van der Waals surface area contributed by atoms with Crippen LogP contribution in [-0.2, 0) is 0 Å². The van der Waals surface area contributed by atoms with E-state index in [4.69, 9.17) is 5.11 Å². The number of rotatable bonds is 5. The molecule has 0 spiro atoms. The van der Waals surface area contributed by atoms with Crippen molar-refractivity contribution in [3.63, 3.8) is 0 Å². The van der Waals surface area contributed by atoms with Gasteiger partial charge in [0.2, 0.25) is 0 Å². The molecule has 0 amide bonds. The first kappa shape index (κ1) is 13.0. The topological polar surface area (TPSA) is 23.5 Å². The fourth-order valence-electron chi connectivity index (χ4n) is 2.82. The van der Waals surface area contributed by atoms with Gasteiger partial charge < -0.3 is 5.11 Å². The Balaban J connectivity index is 2.46. The van der Waals surface area contributed by atoms with Gasteiger partial charge in [0.05, 0.1) is 0 Å². The average Bonchev–Trinajstić information content (AvgIpc) is 2.18. The first-order chi connectivity index (χ1) is 7.15. The predicted molar refractivity (Wildman–Crippen MR) is 65.0 cm³/mol. The summed E-state index contributed by atoms with van der Waals surface area (Å²) in [6.07, 6.45) is 6.41. The molecule has 0 saturated heterocycles. The van der Waals surface area contributed by atoms with Crippen molar-refractivity contribution in [2.45, 2.75) is 65.0 Å². The van der Waals surface area contributed by atoms with E-state index in [1.165, 1.54) is 25.7 Å². The molecule has 1 aliphatic rings. The van der Waals surface area contributed by atoms with Crippen molar-refractivity contribution < 1.29 is 5.11 Å². The van der Waals surface area contributed by atoms with Crippen LogP contribution in [0.3, 0.4) is 0 Å². The fraction of sp³-hybridized carbons (Fsp3) is 1.00. The van der Waals surface area contributed by atoms with Crippen molar-refractivity contribution in [2.24, 2.45) is 5.92 Å². The molecule has 15 heavy (non-hydrogen) atoms. The highest BCUT2D eigenvalue weighted by atomic mass is 16.3. The molecule has 1 N–H and O–H groups in total. The zero-order valence-corrected chi connectivity index (χ0v) is 10.6. The van der Waals surface area contributed by atoms with E-state index in [1.807, 2.05) is 0 Å². The second-order valence-corrected chi connectivity index (χ2v) is 5.33. The summed E-state index contributed by atoms with van der Waals surface area (Å²) in [5.41, 5.74) is 0. The van der Waals surface area contributed by atoms with Crippen LogP contribution in [0.15, 0.2) is 0 Å². The zero-order chi connectivity index (χ0) is 11.3. The highest BCUT2D eigenvalue weighted by molar-refractivity contribution is 4.80. The Morgan fingerprint density at radius 1 is 1.33 bits per heavy atom. The van der Waals surface area contributed by atoms with Crippen molar-refractivity contribution >= 4 is 0 Å². The summed E-state index contributed by atoms with van der Waals surface area (Å²) in [5.74, 6) is 0.888. The van der Waals surface area contributed by atoms with Crippen molar-refractivity contribution in [3.8, 4) is 0 Å². The van der Waals surface area contributed by atoms with Gasteiger partial charge in [0.1, 0.15) is 0 Å². The summed E-state index contributed by atoms with van der Waals surface area (Å²) >= 11 is 0. The van der Waals surface area contributed by atoms with Gasteiger partial charge in [-0.1, -0.05) is 19.8 Å². The van der Waals surface area contributed by atoms with E-state index in [0.717, 1.165) is 24.9 Å². The standard InChI is InChI=1S/C13H27NO/c1-11(2)14(8-5-9-15)13-7-4-6-12(3)10-13/h11-13,15H,4-10H2,1-3H3. The van der Waals surface area contributed by atoms with E-state index >= 15 is 0 Å². The molecule has 0 aromatic rings. The molecule has 1 fully saturated rings. The van der Waals surface area contributed by atoms with Crippen LogP contribution in [0.5, 0.6) is 0 Å². The van der Waals surface area contributed by atoms with Gasteiger partial charge in [0.25, 0.3) is 0 Å². The molecule has 0 aromatic carbocycles. The molecular weight excluding hydrogens is 186 g/mol. The maximum Gasteiger partial charge on any atom is 0.0443 e. The molecule has 0 bridgehead atoms. The van der Waals surface area contributed by atoms with E-state index < -0.39 is 0 Å². The molecule has 90 valence electrons. The van der Waals surface area contributed by atoms with Crippen LogP contribution in [0.1, 0.15) is 52.9 Å². The minimum absolute atomic E-state index is 0.325. The van der Waals surface area contributed by atoms with Gasteiger partial charge >= 0.3 is 0 Å². The second kappa shape index (κ2) is 6.49. The summed E-state index contributed by atoms with van der Waals surface area (Å²) in [6, 6.07) is 1.38. The molecule has 2 unspecified atom stereocenters. The lowest BCUT2D eigenvalue weighted by atomic mass is 9.85. The highest BCUT2D eigenvalue weighted by Crippen LogP contribution is 2.28. The lowest BCUT2D eigenvalue weighted by Gasteiger charge is -2.39. The number of hydrogen-bond donors (Lipinski definition) is 1. The summed E-state index contributed by atoms with van der Waals surface area (Å²) in [5, 5.41) is 8.92. The number of aliphatic hydroxyl groups excluding tert-OH is 1. The SMILES string of the molecule is CC1CCCC(N(CCCO)C(C)C)C1. The summed E-state index contributed by atoms with van der Waals surface area (Å²) in [4.78, 5) is 2.59. The largest absolute Gasteiger partial charge is 0.396 e. The van der Waals surface area contributed by atoms with E-state index in [-0.39, 0.29) is 0 Å². The Hall–Kier alpha value is -0.0800. The van der Waals surface area contributed by atoms with Crippen molar-refractivity contribution in [1.29, 1.82) is 0 Å². The van der Waals surface area contributed by atoms with Crippen LogP contribution in [0.4, 0.5) is 0 Å². The quantitative estimate of drug-likeness (QED) is 0.759. The average molecular weight is 213 g/mol. The third kappa shape index (κ3) is 4.12. The van der Waals surface area contributed by atoms with Gasteiger partial charge in [-0.25, -0.2) is 0 Å².